The van der Waals surface area contributed by atoms with Crippen molar-refractivity contribution in [1.82, 2.24) is 20.4 Å². The van der Waals surface area contributed by atoms with E-state index in [9.17, 15) is 14.0 Å². The number of rotatable bonds is 3. The Labute approximate surface area is 155 Å². The first-order valence-corrected chi connectivity index (χ1v) is 9.35. The zero-order chi connectivity index (χ0) is 18.3. The van der Waals surface area contributed by atoms with Gasteiger partial charge in [-0.1, -0.05) is 17.7 Å². The number of imide groups is 1. The summed E-state index contributed by atoms with van der Waals surface area (Å²) in [5.74, 6) is -0.761. The summed E-state index contributed by atoms with van der Waals surface area (Å²) in [6.45, 7) is 1.92. The number of thioether (sulfide) groups is 1. The summed E-state index contributed by atoms with van der Waals surface area (Å²) in [4.78, 5) is 27.5. The Kier molecular flexibility index (Phi) is 5.24. The predicted molar refractivity (Wildman–Crippen MR) is 95.4 cm³/mol. The minimum Gasteiger partial charge on any atom is -0.311 e. The van der Waals surface area contributed by atoms with Crippen molar-refractivity contribution < 1.29 is 14.0 Å². The molecule has 0 radical (unpaired) electrons. The highest BCUT2D eigenvalue weighted by Crippen LogP contribution is 2.34. The molecule has 0 saturated carbocycles. The van der Waals surface area contributed by atoms with E-state index in [0.717, 1.165) is 4.90 Å². The first-order valence-electron chi connectivity index (χ1n) is 7.92. The van der Waals surface area contributed by atoms with Crippen LogP contribution < -0.4 is 10.6 Å². The van der Waals surface area contributed by atoms with E-state index in [-0.39, 0.29) is 29.3 Å². The molecule has 6 nitrogen and oxygen atoms in total. The Balaban J connectivity index is 1.82. The number of nitrogens with zero attached hydrogens (tertiary/aromatic N) is 2. The van der Waals surface area contributed by atoms with Crippen LogP contribution in [0.5, 0.6) is 0 Å². The Bertz CT molecular complexity index is 686. The van der Waals surface area contributed by atoms with Crippen LogP contribution in [0.15, 0.2) is 18.2 Å². The van der Waals surface area contributed by atoms with E-state index < -0.39 is 12.1 Å². The number of nitrogens with one attached hydrogen (secondary N) is 2. The van der Waals surface area contributed by atoms with Gasteiger partial charge in [-0.15, -0.1) is 11.8 Å². The van der Waals surface area contributed by atoms with Crippen molar-refractivity contribution in [2.45, 2.75) is 30.4 Å². The van der Waals surface area contributed by atoms with E-state index in [1.165, 1.54) is 29.8 Å². The first kappa shape index (κ1) is 18.4. The second-order valence-corrected chi connectivity index (χ2v) is 7.79. The fourth-order valence-corrected chi connectivity index (χ4v) is 4.93. The van der Waals surface area contributed by atoms with E-state index in [1.54, 1.807) is 19.2 Å². The van der Waals surface area contributed by atoms with Gasteiger partial charge in [0.25, 0.3) is 0 Å². The van der Waals surface area contributed by atoms with Crippen LogP contribution in [-0.2, 0) is 10.5 Å². The molecule has 4 atom stereocenters. The summed E-state index contributed by atoms with van der Waals surface area (Å²) in [5.41, 5.74) is 0.416. The normalized spacial score (nSPS) is 29.8. The Morgan fingerprint density at radius 2 is 2.00 bits per heavy atom. The molecule has 0 bridgehead atoms. The third-order valence-electron chi connectivity index (χ3n) is 4.59. The van der Waals surface area contributed by atoms with Crippen LogP contribution >= 0.6 is 23.4 Å². The van der Waals surface area contributed by atoms with Gasteiger partial charge in [0.05, 0.1) is 23.6 Å². The molecule has 136 valence electrons. The van der Waals surface area contributed by atoms with Crippen LogP contribution in [0.2, 0.25) is 5.02 Å². The second kappa shape index (κ2) is 7.11. The number of amides is 3. The van der Waals surface area contributed by atoms with Gasteiger partial charge in [-0.2, -0.15) is 0 Å². The molecule has 2 heterocycles. The molecule has 0 aliphatic carbocycles. The van der Waals surface area contributed by atoms with Crippen molar-refractivity contribution in [3.05, 3.63) is 34.6 Å². The molecule has 1 aromatic rings. The van der Waals surface area contributed by atoms with Gasteiger partial charge < -0.3 is 4.90 Å². The molecule has 2 N–H and O–H groups in total. The second-order valence-electron chi connectivity index (χ2n) is 6.25. The van der Waals surface area contributed by atoms with Crippen LogP contribution in [0, 0.1) is 11.7 Å². The van der Waals surface area contributed by atoms with E-state index >= 15 is 0 Å². The van der Waals surface area contributed by atoms with Crippen molar-refractivity contribution in [1.29, 1.82) is 0 Å². The highest BCUT2D eigenvalue weighted by atomic mass is 35.5. The number of hydrogen-bond donors (Lipinski definition) is 2. The fourth-order valence-electron chi connectivity index (χ4n) is 3.21. The van der Waals surface area contributed by atoms with E-state index in [1.807, 2.05) is 6.92 Å². The molecule has 2 aliphatic rings. The van der Waals surface area contributed by atoms with Gasteiger partial charge in [0.1, 0.15) is 5.82 Å². The number of halogens is 2. The molecule has 2 fully saturated rings. The molecule has 4 unspecified atom stereocenters. The minimum absolute atomic E-state index is 0.0960. The highest BCUT2D eigenvalue weighted by Gasteiger charge is 2.50. The Morgan fingerprint density at radius 3 is 2.68 bits per heavy atom. The van der Waals surface area contributed by atoms with Crippen molar-refractivity contribution >= 4 is 35.3 Å². The predicted octanol–water partition coefficient (Wildman–Crippen LogP) is 2.04. The Morgan fingerprint density at radius 1 is 1.28 bits per heavy atom. The summed E-state index contributed by atoms with van der Waals surface area (Å²) in [6.07, 6.45) is -0.498. The lowest BCUT2D eigenvalue weighted by Crippen LogP contribution is -2.73. The summed E-state index contributed by atoms with van der Waals surface area (Å²) < 4.78 is 14.0. The maximum atomic E-state index is 14.0. The van der Waals surface area contributed by atoms with Gasteiger partial charge in [-0.3, -0.25) is 20.3 Å². The topological polar surface area (TPSA) is 64.7 Å². The SMILES string of the molecule is CC1NC(SCc2c(F)cccc2Cl)C2C(=O)N(C)C(=O)N(C)C2N1. The molecule has 3 rings (SSSR count). The summed E-state index contributed by atoms with van der Waals surface area (Å²) in [6, 6.07) is 4.24. The zero-order valence-electron chi connectivity index (χ0n) is 14.1. The smallest absolute Gasteiger partial charge is 0.311 e. The van der Waals surface area contributed by atoms with Gasteiger partial charge in [-0.25, -0.2) is 9.18 Å². The van der Waals surface area contributed by atoms with E-state index in [2.05, 4.69) is 10.6 Å². The number of fused-ring (bicyclic) bond motifs is 1. The van der Waals surface area contributed by atoms with Crippen molar-refractivity contribution in [3.63, 3.8) is 0 Å². The summed E-state index contributed by atoms with van der Waals surface area (Å²) >= 11 is 7.51. The van der Waals surface area contributed by atoms with Gasteiger partial charge in [0.2, 0.25) is 5.91 Å². The third kappa shape index (κ3) is 3.36. The molecule has 9 heteroatoms. The number of hydrogen-bond acceptors (Lipinski definition) is 5. The average molecular weight is 387 g/mol. The summed E-state index contributed by atoms with van der Waals surface area (Å²) in [5, 5.41) is 6.64. The summed E-state index contributed by atoms with van der Waals surface area (Å²) in [7, 11) is 3.15. The number of urea groups is 1. The average Bonchev–Trinajstić information content (AvgIpc) is 2.57. The molecule has 0 aromatic heterocycles. The van der Waals surface area contributed by atoms with Crippen LogP contribution in [0.25, 0.3) is 0 Å². The third-order valence-corrected chi connectivity index (χ3v) is 6.19. The lowest BCUT2D eigenvalue weighted by atomic mass is 9.97. The molecular weight excluding hydrogens is 367 g/mol. The fraction of sp³-hybridized carbons (Fsp3) is 0.500. The zero-order valence-corrected chi connectivity index (χ0v) is 15.7. The lowest BCUT2D eigenvalue weighted by Gasteiger charge is -2.49. The Hall–Kier alpha value is -1.35. The standard InChI is InChI=1S/C16H20ClFN4O2S/c1-8-19-13-12(15(23)22(3)16(24)21(13)2)14(20-8)25-7-9-10(17)5-4-6-11(9)18/h4-6,8,12-14,19-20H,7H2,1-3H3. The van der Waals surface area contributed by atoms with Crippen LogP contribution in [-0.4, -0.2) is 53.5 Å². The maximum Gasteiger partial charge on any atom is 0.327 e. The van der Waals surface area contributed by atoms with Crippen LogP contribution in [0.4, 0.5) is 9.18 Å². The van der Waals surface area contributed by atoms with Crippen molar-refractivity contribution in [3.8, 4) is 0 Å². The minimum atomic E-state index is -0.473. The van der Waals surface area contributed by atoms with Gasteiger partial charge in [0.15, 0.2) is 0 Å². The van der Waals surface area contributed by atoms with Crippen molar-refractivity contribution in [2.75, 3.05) is 14.1 Å². The molecule has 2 saturated heterocycles. The van der Waals surface area contributed by atoms with Gasteiger partial charge >= 0.3 is 6.03 Å². The highest BCUT2D eigenvalue weighted by molar-refractivity contribution is 7.99. The lowest BCUT2D eigenvalue weighted by molar-refractivity contribution is -0.140. The monoisotopic (exact) mass is 386 g/mol. The van der Waals surface area contributed by atoms with Gasteiger partial charge in [0, 0.05) is 30.4 Å². The number of carbonyl (C=O) groups is 2. The van der Waals surface area contributed by atoms with Gasteiger partial charge in [-0.05, 0) is 19.1 Å². The molecular formula is C16H20ClFN4O2S. The number of carbonyl (C=O) groups excluding carboxylic acids is 2. The first-order chi connectivity index (χ1) is 11.8. The van der Waals surface area contributed by atoms with Crippen LogP contribution in [0.1, 0.15) is 12.5 Å². The maximum absolute atomic E-state index is 14.0. The molecule has 0 spiro atoms. The quantitative estimate of drug-likeness (QED) is 0.832. The van der Waals surface area contributed by atoms with E-state index in [4.69, 9.17) is 11.6 Å². The van der Waals surface area contributed by atoms with E-state index in [0.29, 0.717) is 16.3 Å². The molecule has 25 heavy (non-hydrogen) atoms. The number of benzene rings is 1. The largest absolute Gasteiger partial charge is 0.327 e. The molecule has 3 amide bonds. The van der Waals surface area contributed by atoms with Crippen molar-refractivity contribution in [2.24, 2.45) is 5.92 Å². The molecule has 2 aliphatic heterocycles. The molecule has 1 aromatic carbocycles. The van der Waals surface area contributed by atoms with Crippen LogP contribution in [0.3, 0.4) is 0 Å².